The lowest BCUT2D eigenvalue weighted by Crippen LogP contribution is -2.45. The minimum Gasteiger partial charge on any atom is -0.466 e. The lowest BCUT2D eigenvalue weighted by Gasteiger charge is -2.16. The van der Waals surface area contributed by atoms with E-state index in [-0.39, 0.29) is 12.1 Å². The molecule has 4 aromatic rings. The lowest BCUT2D eigenvalue weighted by atomic mass is 10.0. The SMILES string of the molecule is Cc1cc(-c2cc(C(=O)NC(Cc3ccccc3)C(N)=O)c3c(C)noc3n2)c(C)o1. The highest BCUT2D eigenvalue weighted by atomic mass is 16.5. The Morgan fingerprint density at radius 3 is 2.52 bits per heavy atom. The first kappa shape index (κ1) is 20.3. The van der Waals surface area contributed by atoms with Gasteiger partial charge in [-0.3, -0.25) is 9.59 Å². The van der Waals surface area contributed by atoms with Crippen LogP contribution in [0.4, 0.5) is 0 Å². The molecule has 8 nitrogen and oxygen atoms in total. The Hall–Kier alpha value is -3.94. The quantitative estimate of drug-likeness (QED) is 0.495. The highest BCUT2D eigenvalue weighted by Gasteiger charge is 2.24. The molecule has 0 saturated heterocycles. The van der Waals surface area contributed by atoms with Crippen molar-refractivity contribution in [2.24, 2.45) is 5.73 Å². The van der Waals surface area contributed by atoms with Crippen LogP contribution in [-0.2, 0) is 11.2 Å². The molecule has 3 N–H and O–H groups in total. The van der Waals surface area contributed by atoms with Crippen LogP contribution in [0.25, 0.3) is 22.4 Å². The van der Waals surface area contributed by atoms with Crippen LogP contribution in [0.1, 0.15) is 33.1 Å². The fourth-order valence-corrected chi connectivity index (χ4v) is 3.61. The van der Waals surface area contributed by atoms with Gasteiger partial charge in [-0.2, -0.15) is 0 Å². The van der Waals surface area contributed by atoms with Gasteiger partial charge in [0.2, 0.25) is 5.91 Å². The van der Waals surface area contributed by atoms with Gasteiger partial charge in [-0.15, -0.1) is 0 Å². The van der Waals surface area contributed by atoms with E-state index in [9.17, 15) is 9.59 Å². The van der Waals surface area contributed by atoms with E-state index >= 15 is 0 Å². The van der Waals surface area contributed by atoms with Gasteiger partial charge >= 0.3 is 0 Å². The van der Waals surface area contributed by atoms with Crippen LogP contribution in [0.15, 0.2) is 51.4 Å². The second-order valence-corrected chi connectivity index (χ2v) is 7.45. The average Bonchev–Trinajstić information content (AvgIpc) is 3.28. The number of furan rings is 1. The highest BCUT2D eigenvalue weighted by Crippen LogP contribution is 2.30. The molecule has 1 aromatic carbocycles. The maximum atomic E-state index is 13.2. The Morgan fingerprint density at radius 2 is 1.87 bits per heavy atom. The molecule has 3 aromatic heterocycles. The molecule has 0 fully saturated rings. The van der Waals surface area contributed by atoms with Gasteiger partial charge in [-0.1, -0.05) is 35.5 Å². The number of carbonyl (C=O) groups excluding carboxylic acids is 2. The summed E-state index contributed by atoms with van der Waals surface area (Å²) in [5.74, 6) is 0.320. The summed E-state index contributed by atoms with van der Waals surface area (Å²) in [6.07, 6.45) is 0.283. The van der Waals surface area contributed by atoms with Crippen molar-refractivity contribution in [1.82, 2.24) is 15.5 Å². The van der Waals surface area contributed by atoms with E-state index < -0.39 is 17.9 Å². The van der Waals surface area contributed by atoms with Crippen LogP contribution in [0.5, 0.6) is 0 Å². The smallest absolute Gasteiger partial charge is 0.259 e. The summed E-state index contributed by atoms with van der Waals surface area (Å²) < 4.78 is 10.9. The third-order valence-corrected chi connectivity index (χ3v) is 5.11. The zero-order chi connectivity index (χ0) is 22.1. The number of rotatable bonds is 6. The summed E-state index contributed by atoms with van der Waals surface area (Å²) in [6, 6.07) is 12.0. The van der Waals surface area contributed by atoms with Crippen molar-refractivity contribution < 1.29 is 18.5 Å². The number of aromatic nitrogens is 2. The zero-order valence-electron chi connectivity index (χ0n) is 17.4. The van der Waals surface area contributed by atoms with Crippen molar-refractivity contribution in [2.75, 3.05) is 0 Å². The van der Waals surface area contributed by atoms with E-state index in [1.165, 1.54) is 0 Å². The fraction of sp³-hybridized carbons (Fsp3) is 0.217. The van der Waals surface area contributed by atoms with Crippen LogP contribution in [0, 0.1) is 20.8 Å². The number of hydrogen-bond acceptors (Lipinski definition) is 6. The van der Waals surface area contributed by atoms with Gasteiger partial charge in [0.15, 0.2) is 0 Å². The number of pyridine rings is 1. The van der Waals surface area contributed by atoms with Crippen LogP contribution >= 0.6 is 0 Å². The molecule has 2 amide bonds. The number of primary amides is 1. The van der Waals surface area contributed by atoms with Crippen molar-refractivity contribution >= 4 is 22.9 Å². The molecule has 0 spiro atoms. The molecule has 4 rings (SSSR count). The molecule has 0 aliphatic rings. The van der Waals surface area contributed by atoms with E-state index in [1.54, 1.807) is 13.0 Å². The molecular weight excluding hydrogens is 396 g/mol. The number of nitrogens with two attached hydrogens (primary N) is 1. The minimum absolute atomic E-state index is 0.233. The summed E-state index contributed by atoms with van der Waals surface area (Å²) in [5, 5.41) is 7.19. The molecule has 158 valence electrons. The Labute approximate surface area is 178 Å². The van der Waals surface area contributed by atoms with Crippen LogP contribution < -0.4 is 11.1 Å². The van der Waals surface area contributed by atoms with Gasteiger partial charge in [0, 0.05) is 12.0 Å². The molecule has 1 unspecified atom stereocenters. The standard InChI is InChI=1S/C23H22N4O4/c1-12-9-16(14(3)30-12)18-11-17(20-13(2)27-31-23(20)26-18)22(29)25-19(21(24)28)10-15-7-5-4-6-8-15/h4-9,11,19H,10H2,1-3H3,(H2,24,28)(H,25,29). The first-order chi connectivity index (χ1) is 14.8. The molecule has 0 aliphatic carbocycles. The van der Waals surface area contributed by atoms with Crippen molar-refractivity contribution in [3.05, 3.63) is 70.8 Å². The summed E-state index contributed by atoms with van der Waals surface area (Å²) in [7, 11) is 0. The topological polar surface area (TPSA) is 124 Å². The largest absolute Gasteiger partial charge is 0.466 e. The van der Waals surface area contributed by atoms with Gasteiger partial charge in [0.1, 0.15) is 17.6 Å². The van der Waals surface area contributed by atoms with Crippen molar-refractivity contribution in [2.45, 2.75) is 33.2 Å². The monoisotopic (exact) mass is 418 g/mol. The first-order valence-corrected chi connectivity index (χ1v) is 9.82. The summed E-state index contributed by atoms with van der Waals surface area (Å²) >= 11 is 0. The van der Waals surface area contributed by atoms with E-state index in [0.29, 0.717) is 28.1 Å². The van der Waals surface area contributed by atoms with Crippen LogP contribution in [-0.4, -0.2) is 28.0 Å². The number of hydrogen-bond donors (Lipinski definition) is 2. The molecule has 1 atom stereocenters. The molecule has 0 aliphatic heterocycles. The summed E-state index contributed by atoms with van der Waals surface area (Å²) in [4.78, 5) is 29.8. The Morgan fingerprint density at radius 1 is 1.13 bits per heavy atom. The second kappa shape index (κ2) is 8.06. The number of nitrogens with one attached hydrogen (secondary N) is 1. The second-order valence-electron chi connectivity index (χ2n) is 7.45. The van der Waals surface area contributed by atoms with Crippen LogP contribution in [0.2, 0.25) is 0 Å². The lowest BCUT2D eigenvalue weighted by molar-refractivity contribution is -0.119. The minimum atomic E-state index is -0.875. The molecule has 31 heavy (non-hydrogen) atoms. The molecule has 0 radical (unpaired) electrons. The third kappa shape index (κ3) is 4.05. The molecule has 3 heterocycles. The number of amides is 2. The summed E-state index contributed by atoms with van der Waals surface area (Å²) in [6.45, 7) is 5.39. The van der Waals surface area contributed by atoms with Crippen molar-refractivity contribution in [1.29, 1.82) is 0 Å². The highest BCUT2D eigenvalue weighted by molar-refractivity contribution is 6.08. The van der Waals surface area contributed by atoms with Gasteiger partial charge in [0.05, 0.1) is 22.3 Å². The predicted molar refractivity (Wildman–Crippen MR) is 114 cm³/mol. The number of nitrogens with zero attached hydrogens (tertiary/aromatic N) is 2. The van der Waals surface area contributed by atoms with Crippen molar-refractivity contribution in [3.8, 4) is 11.3 Å². The fourth-order valence-electron chi connectivity index (χ4n) is 3.61. The van der Waals surface area contributed by atoms with E-state index in [1.807, 2.05) is 50.2 Å². The number of fused-ring (bicyclic) bond motifs is 1. The Kier molecular flexibility index (Phi) is 5.29. The zero-order valence-corrected chi connectivity index (χ0v) is 17.4. The molecular formula is C23H22N4O4. The van der Waals surface area contributed by atoms with Crippen molar-refractivity contribution in [3.63, 3.8) is 0 Å². The maximum absolute atomic E-state index is 13.2. The number of aryl methyl sites for hydroxylation is 3. The Balaban J connectivity index is 1.73. The van der Waals surface area contributed by atoms with Gasteiger partial charge in [0.25, 0.3) is 11.6 Å². The average molecular weight is 418 g/mol. The maximum Gasteiger partial charge on any atom is 0.259 e. The van der Waals surface area contributed by atoms with Gasteiger partial charge < -0.3 is 20.0 Å². The van der Waals surface area contributed by atoms with E-state index in [4.69, 9.17) is 14.7 Å². The first-order valence-electron chi connectivity index (χ1n) is 9.82. The van der Waals surface area contributed by atoms with Gasteiger partial charge in [-0.05, 0) is 38.5 Å². The van der Waals surface area contributed by atoms with E-state index in [0.717, 1.165) is 16.9 Å². The van der Waals surface area contributed by atoms with E-state index in [2.05, 4.69) is 15.5 Å². The third-order valence-electron chi connectivity index (χ3n) is 5.11. The normalized spacial score (nSPS) is 12.1. The van der Waals surface area contributed by atoms with Gasteiger partial charge in [-0.25, -0.2) is 4.98 Å². The number of carbonyl (C=O) groups is 2. The predicted octanol–water partition coefficient (Wildman–Crippen LogP) is 3.23. The summed E-state index contributed by atoms with van der Waals surface area (Å²) in [5.41, 5.74) is 8.78. The molecule has 0 bridgehead atoms. The molecule has 0 saturated carbocycles. The number of benzene rings is 1. The Bertz CT molecular complexity index is 1270. The molecule has 8 heteroatoms. The van der Waals surface area contributed by atoms with Crippen LogP contribution in [0.3, 0.4) is 0 Å².